The van der Waals surface area contributed by atoms with Gasteiger partial charge in [0.25, 0.3) is 11.6 Å². The van der Waals surface area contributed by atoms with E-state index < -0.39 is 4.92 Å². The number of nitro groups is 1. The molecule has 4 bridgehead atoms. The summed E-state index contributed by atoms with van der Waals surface area (Å²) in [5.74, 6) is 2.25. The maximum Gasteiger partial charge on any atom is 0.270 e. The van der Waals surface area contributed by atoms with Gasteiger partial charge in [0, 0.05) is 18.2 Å². The first-order valence-corrected chi connectivity index (χ1v) is 9.49. The Morgan fingerprint density at radius 1 is 1.24 bits per heavy atom. The molecular formula is C19H23ClN2O3. The maximum atomic E-state index is 12.7. The quantitative estimate of drug-likeness (QED) is 0.629. The lowest BCUT2D eigenvalue weighted by atomic mass is 9.48. The Balaban J connectivity index is 1.50. The summed E-state index contributed by atoms with van der Waals surface area (Å²) in [4.78, 5) is 23.0. The maximum absolute atomic E-state index is 12.7. The van der Waals surface area contributed by atoms with E-state index in [9.17, 15) is 14.9 Å². The minimum Gasteiger partial charge on any atom is -0.349 e. The molecule has 6 heteroatoms. The lowest BCUT2D eigenvalue weighted by Crippen LogP contribution is -2.55. The van der Waals surface area contributed by atoms with Crippen molar-refractivity contribution >= 4 is 23.2 Å². The van der Waals surface area contributed by atoms with Crippen LogP contribution in [-0.2, 0) is 0 Å². The molecule has 0 saturated heterocycles. The van der Waals surface area contributed by atoms with Gasteiger partial charge in [0.2, 0.25) is 0 Å². The van der Waals surface area contributed by atoms with Crippen molar-refractivity contribution in [3.8, 4) is 0 Å². The molecule has 0 radical (unpaired) electrons. The molecule has 4 saturated carbocycles. The Hall–Kier alpha value is -1.62. The van der Waals surface area contributed by atoms with Crippen LogP contribution >= 0.6 is 11.6 Å². The molecular weight excluding hydrogens is 340 g/mol. The van der Waals surface area contributed by atoms with Crippen molar-refractivity contribution in [1.29, 1.82) is 0 Å². The number of rotatable bonds is 4. The number of halogens is 1. The molecule has 0 aromatic heterocycles. The van der Waals surface area contributed by atoms with Crippen LogP contribution in [0.15, 0.2) is 18.2 Å². The van der Waals surface area contributed by atoms with E-state index >= 15 is 0 Å². The number of non-ortho nitro benzene ring substituents is 1. The van der Waals surface area contributed by atoms with Gasteiger partial charge < -0.3 is 5.32 Å². The van der Waals surface area contributed by atoms with Crippen molar-refractivity contribution in [2.24, 2.45) is 23.2 Å². The minimum atomic E-state index is -0.508. The van der Waals surface area contributed by atoms with E-state index in [0.717, 1.165) is 17.8 Å². The van der Waals surface area contributed by atoms with Crippen LogP contribution in [0.4, 0.5) is 5.69 Å². The fourth-order valence-electron chi connectivity index (χ4n) is 5.94. The number of carbonyl (C=O) groups excluding carboxylic acids is 1. The first-order valence-electron chi connectivity index (χ1n) is 9.11. The predicted molar refractivity (Wildman–Crippen MR) is 95.6 cm³/mol. The molecule has 1 aromatic rings. The molecule has 0 unspecified atom stereocenters. The van der Waals surface area contributed by atoms with E-state index in [0.29, 0.717) is 5.56 Å². The molecule has 5 nitrogen and oxygen atoms in total. The van der Waals surface area contributed by atoms with Crippen molar-refractivity contribution in [1.82, 2.24) is 5.32 Å². The normalized spacial score (nSPS) is 33.9. The third kappa shape index (κ3) is 2.92. The van der Waals surface area contributed by atoms with E-state index in [2.05, 4.69) is 12.2 Å². The zero-order chi connectivity index (χ0) is 17.8. The Bertz CT molecular complexity index is 698. The van der Waals surface area contributed by atoms with Crippen LogP contribution in [0.5, 0.6) is 0 Å². The molecule has 4 fully saturated rings. The van der Waals surface area contributed by atoms with E-state index in [4.69, 9.17) is 11.6 Å². The molecule has 134 valence electrons. The van der Waals surface area contributed by atoms with Crippen LogP contribution in [0, 0.1) is 33.3 Å². The third-order valence-electron chi connectivity index (χ3n) is 6.76. The summed E-state index contributed by atoms with van der Waals surface area (Å²) < 4.78 is 0. The third-order valence-corrected chi connectivity index (χ3v) is 7.07. The zero-order valence-electron chi connectivity index (χ0n) is 14.3. The first-order chi connectivity index (χ1) is 11.9. The van der Waals surface area contributed by atoms with E-state index in [-0.39, 0.29) is 28.1 Å². The Morgan fingerprint density at radius 3 is 2.28 bits per heavy atom. The standard InChI is InChI=1S/C19H23ClN2O3/c1-11(19-8-12-4-13(9-19)6-14(5-12)10-19)21-18(23)16-3-2-15(22(24)25)7-17(16)20/h2-3,7,11-14H,4-6,8-10H2,1H3,(H,21,23)/t11-,12?,13?,14?,19?/m0/s1. The summed E-state index contributed by atoms with van der Waals surface area (Å²) >= 11 is 6.11. The SMILES string of the molecule is C[C@H](NC(=O)c1ccc([N+](=O)[O-])cc1Cl)C12CC3CC(CC(C3)C1)C2. The van der Waals surface area contributed by atoms with Gasteiger partial charge in [-0.05, 0) is 74.7 Å². The second-order valence-electron chi connectivity index (χ2n) is 8.40. The van der Waals surface area contributed by atoms with Gasteiger partial charge in [0.1, 0.15) is 0 Å². The molecule has 4 aliphatic carbocycles. The largest absolute Gasteiger partial charge is 0.349 e. The Morgan fingerprint density at radius 2 is 1.80 bits per heavy atom. The Kier molecular flexibility index (Phi) is 4.02. The molecule has 0 heterocycles. The number of nitrogens with zero attached hydrogens (tertiary/aromatic N) is 1. The summed E-state index contributed by atoms with van der Waals surface area (Å²) in [6.45, 7) is 2.12. The second-order valence-corrected chi connectivity index (χ2v) is 8.80. The van der Waals surface area contributed by atoms with Gasteiger partial charge in [-0.3, -0.25) is 14.9 Å². The molecule has 0 spiro atoms. The van der Waals surface area contributed by atoms with E-state index in [1.54, 1.807) is 0 Å². The number of benzene rings is 1. The van der Waals surface area contributed by atoms with Crippen molar-refractivity contribution in [3.05, 3.63) is 38.9 Å². The number of carbonyl (C=O) groups is 1. The molecule has 1 aromatic carbocycles. The van der Waals surface area contributed by atoms with Gasteiger partial charge in [-0.2, -0.15) is 0 Å². The topological polar surface area (TPSA) is 72.2 Å². The van der Waals surface area contributed by atoms with Gasteiger partial charge in [-0.1, -0.05) is 11.6 Å². The molecule has 4 aliphatic rings. The van der Waals surface area contributed by atoms with Gasteiger partial charge in [-0.15, -0.1) is 0 Å². The summed E-state index contributed by atoms with van der Waals surface area (Å²) in [6.07, 6.45) is 7.76. The van der Waals surface area contributed by atoms with Crippen LogP contribution in [0.25, 0.3) is 0 Å². The van der Waals surface area contributed by atoms with Gasteiger partial charge in [-0.25, -0.2) is 0 Å². The number of nitrogens with one attached hydrogen (secondary N) is 1. The molecule has 0 aliphatic heterocycles. The average molecular weight is 363 g/mol. The predicted octanol–water partition coefficient (Wildman–Crippen LogP) is 4.58. The van der Waals surface area contributed by atoms with Gasteiger partial charge in [0.05, 0.1) is 15.5 Å². The summed E-state index contributed by atoms with van der Waals surface area (Å²) in [6, 6.07) is 4.12. The second kappa shape index (κ2) is 5.97. The van der Waals surface area contributed by atoms with Crippen molar-refractivity contribution < 1.29 is 9.72 Å². The van der Waals surface area contributed by atoms with E-state index in [1.807, 2.05) is 0 Å². The molecule has 25 heavy (non-hydrogen) atoms. The molecule has 1 N–H and O–H groups in total. The molecule has 5 rings (SSSR count). The lowest BCUT2D eigenvalue weighted by molar-refractivity contribution is -0.384. The van der Waals surface area contributed by atoms with Crippen LogP contribution in [0.1, 0.15) is 55.8 Å². The lowest BCUT2D eigenvalue weighted by Gasteiger charge is -2.59. The molecule has 1 amide bonds. The smallest absolute Gasteiger partial charge is 0.270 e. The summed E-state index contributed by atoms with van der Waals surface area (Å²) in [5.41, 5.74) is 0.428. The number of nitro benzene ring substituents is 1. The minimum absolute atomic E-state index is 0.0969. The van der Waals surface area contributed by atoms with Crippen LogP contribution in [-0.4, -0.2) is 16.9 Å². The number of amides is 1. The van der Waals surface area contributed by atoms with Gasteiger partial charge >= 0.3 is 0 Å². The van der Waals surface area contributed by atoms with Gasteiger partial charge in [0.15, 0.2) is 0 Å². The fraction of sp³-hybridized carbons (Fsp3) is 0.632. The monoisotopic (exact) mass is 362 g/mol. The van der Waals surface area contributed by atoms with Crippen LogP contribution < -0.4 is 5.32 Å². The summed E-state index contributed by atoms with van der Waals surface area (Å²) in [7, 11) is 0. The highest BCUT2D eigenvalue weighted by molar-refractivity contribution is 6.34. The van der Waals surface area contributed by atoms with Crippen LogP contribution in [0.2, 0.25) is 5.02 Å². The molecule has 1 atom stereocenters. The fourth-order valence-corrected chi connectivity index (χ4v) is 6.20. The average Bonchev–Trinajstić information content (AvgIpc) is 2.53. The highest BCUT2D eigenvalue weighted by Crippen LogP contribution is 2.61. The zero-order valence-corrected chi connectivity index (χ0v) is 15.1. The van der Waals surface area contributed by atoms with Crippen LogP contribution in [0.3, 0.4) is 0 Å². The first kappa shape index (κ1) is 16.8. The number of hydrogen-bond donors (Lipinski definition) is 1. The number of hydrogen-bond acceptors (Lipinski definition) is 3. The highest BCUT2D eigenvalue weighted by Gasteiger charge is 2.53. The van der Waals surface area contributed by atoms with Crippen molar-refractivity contribution in [3.63, 3.8) is 0 Å². The Labute approximate surface area is 152 Å². The van der Waals surface area contributed by atoms with Crippen molar-refractivity contribution in [2.45, 2.75) is 51.5 Å². The highest BCUT2D eigenvalue weighted by atomic mass is 35.5. The van der Waals surface area contributed by atoms with E-state index in [1.165, 1.54) is 56.7 Å². The van der Waals surface area contributed by atoms with Crippen molar-refractivity contribution in [2.75, 3.05) is 0 Å². The summed E-state index contributed by atoms with van der Waals surface area (Å²) in [5, 5.41) is 14.1.